The molecule has 0 bridgehead atoms. The topological polar surface area (TPSA) is 53.6 Å². The average molecular weight is 291 g/mol. The summed E-state index contributed by atoms with van der Waals surface area (Å²) in [5, 5.41) is 11.3. The largest absolute Gasteiger partial charge is 0.300 e. The summed E-state index contributed by atoms with van der Waals surface area (Å²) in [7, 11) is 0. The fourth-order valence-corrected chi connectivity index (χ4v) is 3.26. The van der Waals surface area contributed by atoms with Crippen LogP contribution in [-0.2, 0) is 6.42 Å². The zero-order valence-corrected chi connectivity index (χ0v) is 12.7. The minimum absolute atomic E-state index is 0.117. The van der Waals surface area contributed by atoms with Crippen LogP contribution in [0.4, 0.5) is 0 Å². The smallest absolute Gasteiger partial charge is 0.141 e. The highest BCUT2D eigenvalue weighted by molar-refractivity contribution is 6.30. The molecule has 0 aliphatic heterocycles. The van der Waals surface area contributed by atoms with Gasteiger partial charge in [-0.1, -0.05) is 31.5 Å². The molecule has 106 valence electrons. The van der Waals surface area contributed by atoms with Crippen molar-refractivity contribution in [2.75, 3.05) is 0 Å². The van der Waals surface area contributed by atoms with Crippen molar-refractivity contribution in [2.45, 2.75) is 39.3 Å². The van der Waals surface area contributed by atoms with E-state index in [0.717, 1.165) is 17.3 Å². The predicted octanol–water partition coefficient (Wildman–Crippen LogP) is 3.43. The molecule has 2 aromatic rings. The molecule has 1 aliphatic carbocycles. The second-order valence-electron chi connectivity index (χ2n) is 6.20. The van der Waals surface area contributed by atoms with Gasteiger partial charge in [0.05, 0.1) is 6.04 Å². The molecule has 2 atom stereocenters. The van der Waals surface area contributed by atoms with Gasteiger partial charge in [0.1, 0.15) is 12.2 Å². The Kier molecular flexibility index (Phi) is 3.30. The number of nitrogens with one attached hydrogen (secondary N) is 2. The third-order valence-corrected chi connectivity index (χ3v) is 4.34. The number of benzene rings is 1. The van der Waals surface area contributed by atoms with Crippen molar-refractivity contribution < 1.29 is 0 Å². The predicted molar refractivity (Wildman–Crippen MR) is 79.6 cm³/mol. The molecule has 2 unspecified atom stereocenters. The summed E-state index contributed by atoms with van der Waals surface area (Å²) in [4.78, 5) is 4.22. The van der Waals surface area contributed by atoms with E-state index in [1.165, 1.54) is 17.5 Å². The summed E-state index contributed by atoms with van der Waals surface area (Å²) in [6, 6.07) is 6.57. The molecule has 0 saturated carbocycles. The van der Waals surface area contributed by atoms with Crippen molar-refractivity contribution >= 4 is 11.6 Å². The van der Waals surface area contributed by atoms with E-state index < -0.39 is 0 Å². The molecule has 0 spiro atoms. The van der Waals surface area contributed by atoms with Gasteiger partial charge in [0, 0.05) is 11.1 Å². The zero-order chi connectivity index (χ0) is 14.3. The Balaban J connectivity index is 1.90. The molecule has 1 aromatic carbocycles. The average Bonchev–Trinajstić information content (AvgIpc) is 2.98. The first-order valence-corrected chi connectivity index (χ1v) is 7.25. The SMILES string of the molecule is CC(NC1c2cc(Cl)ccc2CC1(C)C)c1ncn[nH]1. The fourth-order valence-electron chi connectivity index (χ4n) is 3.08. The fraction of sp³-hybridized carbons (Fsp3) is 0.467. The van der Waals surface area contributed by atoms with Gasteiger partial charge in [0.2, 0.25) is 0 Å². The zero-order valence-electron chi connectivity index (χ0n) is 11.9. The number of nitrogens with zero attached hydrogens (tertiary/aromatic N) is 2. The molecule has 1 aliphatic rings. The number of aromatic amines is 1. The Labute approximate surface area is 124 Å². The van der Waals surface area contributed by atoms with Gasteiger partial charge in [-0.25, -0.2) is 4.98 Å². The maximum absolute atomic E-state index is 6.16. The van der Waals surface area contributed by atoms with E-state index in [1.807, 2.05) is 6.07 Å². The van der Waals surface area contributed by atoms with Gasteiger partial charge in [0.15, 0.2) is 0 Å². The van der Waals surface area contributed by atoms with Gasteiger partial charge in [-0.05, 0) is 42.0 Å². The van der Waals surface area contributed by atoms with E-state index in [4.69, 9.17) is 11.6 Å². The van der Waals surface area contributed by atoms with Gasteiger partial charge >= 0.3 is 0 Å². The molecule has 0 amide bonds. The first kappa shape index (κ1) is 13.6. The van der Waals surface area contributed by atoms with E-state index in [2.05, 4.69) is 53.4 Å². The Hall–Kier alpha value is -1.39. The number of rotatable bonds is 3. The van der Waals surface area contributed by atoms with E-state index >= 15 is 0 Å². The number of halogens is 1. The maximum Gasteiger partial charge on any atom is 0.141 e. The van der Waals surface area contributed by atoms with Crippen LogP contribution in [0.5, 0.6) is 0 Å². The Morgan fingerprint density at radius 2 is 2.25 bits per heavy atom. The van der Waals surface area contributed by atoms with Crippen molar-refractivity contribution in [1.29, 1.82) is 0 Å². The first-order chi connectivity index (χ1) is 9.47. The van der Waals surface area contributed by atoms with Gasteiger partial charge in [-0.3, -0.25) is 5.10 Å². The summed E-state index contributed by atoms with van der Waals surface area (Å²) in [6.07, 6.45) is 2.60. The van der Waals surface area contributed by atoms with Crippen LogP contribution in [0.15, 0.2) is 24.5 Å². The molecule has 0 fully saturated rings. The van der Waals surface area contributed by atoms with Crippen LogP contribution >= 0.6 is 11.6 Å². The van der Waals surface area contributed by atoms with E-state index in [-0.39, 0.29) is 17.5 Å². The summed E-state index contributed by atoms with van der Waals surface area (Å²) >= 11 is 6.16. The highest BCUT2D eigenvalue weighted by atomic mass is 35.5. The summed E-state index contributed by atoms with van der Waals surface area (Å²) < 4.78 is 0. The number of hydrogen-bond acceptors (Lipinski definition) is 3. The number of aromatic nitrogens is 3. The first-order valence-electron chi connectivity index (χ1n) is 6.87. The summed E-state index contributed by atoms with van der Waals surface area (Å²) in [6.45, 7) is 6.66. The Bertz CT molecular complexity index is 606. The van der Waals surface area contributed by atoms with Crippen molar-refractivity contribution in [3.8, 4) is 0 Å². The van der Waals surface area contributed by atoms with Crippen LogP contribution in [0, 0.1) is 5.41 Å². The van der Waals surface area contributed by atoms with Crippen molar-refractivity contribution in [3.63, 3.8) is 0 Å². The summed E-state index contributed by atoms with van der Waals surface area (Å²) in [5.74, 6) is 0.858. The van der Waals surface area contributed by atoms with E-state index in [9.17, 15) is 0 Å². The molecule has 3 rings (SSSR count). The molecule has 0 radical (unpaired) electrons. The normalized spacial score (nSPS) is 21.7. The molecule has 20 heavy (non-hydrogen) atoms. The molecule has 5 heteroatoms. The Morgan fingerprint density at radius 3 is 2.95 bits per heavy atom. The van der Waals surface area contributed by atoms with Crippen LogP contribution in [0.25, 0.3) is 0 Å². The van der Waals surface area contributed by atoms with Crippen molar-refractivity contribution in [1.82, 2.24) is 20.5 Å². The Morgan fingerprint density at radius 1 is 1.45 bits per heavy atom. The van der Waals surface area contributed by atoms with E-state index in [0.29, 0.717) is 0 Å². The monoisotopic (exact) mass is 290 g/mol. The van der Waals surface area contributed by atoms with Gasteiger partial charge in [-0.15, -0.1) is 0 Å². The molecular formula is C15H19ClN4. The number of H-pyrrole nitrogens is 1. The van der Waals surface area contributed by atoms with Crippen LogP contribution in [0.1, 0.15) is 49.8 Å². The number of hydrogen-bond donors (Lipinski definition) is 2. The van der Waals surface area contributed by atoms with Crippen molar-refractivity contribution in [2.24, 2.45) is 5.41 Å². The minimum Gasteiger partial charge on any atom is -0.300 e. The second-order valence-corrected chi connectivity index (χ2v) is 6.64. The molecule has 1 heterocycles. The van der Waals surface area contributed by atoms with Crippen LogP contribution in [0.3, 0.4) is 0 Å². The van der Waals surface area contributed by atoms with Crippen LogP contribution in [0.2, 0.25) is 5.02 Å². The van der Waals surface area contributed by atoms with Crippen molar-refractivity contribution in [3.05, 3.63) is 46.5 Å². The lowest BCUT2D eigenvalue weighted by molar-refractivity contribution is 0.250. The maximum atomic E-state index is 6.16. The third kappa shape index (κ3) is 2.34. The quantitative estimate of drug-likeness (QED) is 0.910. The molecule has 0 saturated heterocycles. The lowest BCUT2D eigenvalue weighted by Crippen LogP contribution is -2.33. The highest BCUT2D eigenvalue weighted by Crippen LogP contribution is 2.46. The number of fused-ring (bicyclic) bond motifs is 1. The molecule has 4 nitrogen and oxygen atoms in total. The highest BCUT2D eigenvalue weighted by Gasteiger charge is 2.39. The lowest BCUT2D eigenvalue weighted by Gasteiger charge is -2.31. The lowest BCUT2D eigenvalue weighted by atomic mass is 9.85. The second kappa shape index (κ2) is 4.86. The molecule has 1 aromatic heterocycles. The standard InChI is InChI=1S/C15H19ClN4/c1-9(14-17-8-18-20-14)19-13-12-6-11(16)5-4-10(12)7-15(13,2)3/h4-6,8-9,13,19H,7H2,1-3H3,(H,17,18,20). The van der Waals surface area contributed by atoms with E-state index in [1.54, 1.807) is 0 Å². The van der Waals surface area contributed by atoms with Gasteiger partial charge in [-0.2, -0.15) is 5.10 Å². The van der Waals surface area contributed by atoms with Gasteiger partial charge < -0.3 is 5.32 Å². The minimum atomic E-state index is 0.117. The third-order valence-electron chi connectivity index (χ3n) is 4.11. The van der Waals surface area contributed by atoms with Crippen LogP contribution < -0.4 is 5.32 Å². The molecular weight excluding hydrogens is 272 g/mol. The molecule has 2 N–H and O–H groups in total. The van der Waals surface area contributed by atoms with Gasteiger partial charge in [0.25, 0.3) is 0 Å². The van der Waals surface area contributed by atoms with Crippen LogP contribution in [-0.4, -0.2) is 15.2 Å². The summed E-state index contributed by atoms with van der Waals surface area (Å²) in [5.41, 5.74) is 2.83.